The molecule has 0 bridgehead atoms. The van der Waals surface area contributed by atoms with Crippen LogP contribution in [0, 0.1) is 10.1 Å². The second-order valence-electron chi connectivity index (χ2n) is 7.64. The van der Waals surface area contributed by atoms with Crippen molar-refractivity contribution >= 4 is 17.3 Å². The van der Waals surface area contributed by atoms with E-state index in [9.17, 15) is 14.9 Å². The quantitative estimate of drug-likeness (QED) is 0.450. The van der Waals surface area contributed by atoms with Crippen molar-refractivity contribution in [3.8, 4) is 0 Å². The van der Waals surface area contributed by atoms with Gasteiger partial charge in [0, 0.05) is 44.4 Å². The normalized spacial score (nSPS) is 20.6. The lowest BCUT2D eigenvalue weighted by atomic mass is 10.0. The summed E-state index contributed by atoms with van der Waals surface area (Å²) in [4.78, 5) is 28.1. The van der Waals surface area contributed by atoms with Crippen LogP contribution in [0.1, 0.15) is 55.8 Å². The monoisotopic (exact) mass is 374 g/mol. The van der Waals surface area contributed by atoms with Crippen LogP contribution in [0.4, 0.5) is 11.4 Å². The van der Waals surface area contributed by atoms with Crippen LogP contribution >= 0.6 is 0 Å². The Labute approximate surface area is 160 Å². The zero-order chi connectivity index (χ0) is 19.2. The minimum Gasteiger partial charge on any atom is -0.371 e. The second kappa shape index (κ2) is 9.17. The number of likely N-dealkylation sites (tertiary alicyclic amines) is 1. The van der Waals surface area contributed by atoms with Crippen LogP contribution in [0.2, 0.25) is 0 Å². The molecular weight excluding hydrogens is 344 g/mol. The molecule has 2 fully saturated rings. The fourth-order valence-corrected chi connectivity index (χ4v) is 4.12. The van der Waals surface area contributed by atoms with Gasteiger partial charge in [0.1, 0.15) is 0 Å². The summed E-state index contributed by atoms with van der Waals surface area (Å²) in [7, 11) is 0. The van der Waals surface area contributed by atoms with Crippen molar-refractivity contribution in [2.75, 3.05) is 37.6 Å². The Balaban J connectivity index is 1.60. The van der Waals surface area contributed by atoms with Gasteiger partial charge in [0.05, 0.1) is 16.2 Å². The maximum absolute atomic E-state index is 12.7. The molecule has 3 rings (SSSR count). The van der Waals surface area contributed by atoms with Crippen molar-refractivity contribution in [1.82, 2.24) is 10.2 Å². The first-order valence-electron chi connectivity index (χ1n) is 10.1. The van der Waals surface area contributed by atoms with Crippen LogP contribution in [0.25, 0.3) is 0 Å². The predicted molar refractivity (Wildman–Crippen MR) is 106 cm³/mol. The number of benzene rings is 1. The molecule has 7 heteroatoms. The summed E-state index contributed by atoms with van der Waals surface area (Å²) in [6.07, 6.45) is 6.88. The molecule has 7 nitrogen and oxygen atoms in total. The molecule has 148 valence electrons. The molecule has 1 aromatic carbocycles. The summed E-state index contributed by atoms with van der Waals surface area (Å²) in [5.41, 5.74) is 1.18. The number of hydrogen-bond donors (Lipinski definition) is 1. The Kier molecular flexibility index (Phi) is 6.66. The maximum Gasteiger partial charge on any atom is 0.270 e. The SMILES string of the molecule is C[C@@H]1CCCCN1CCCNC(=O)c1cc([N+](=O)[O-])ccc1N1CCCC1. The molecule has 0 aromatic heterocycles. The number of nitro benzene ring substituents is 1. The molecule has 1 N–H and O–H groups in total. The number of amides is 1. The third-order valence-electron chi connectivity index (χ3n) is 5.73. The van der Waals surface area contributed by atoms with E-state index in [0.29, 0.717) is 18.2 Å². The number of piperidine rings is 1. The first kappa shape index (κ1) is 19.6. The van der Waals surface area contributed by atoms with Gasteiger partial charge in [0.25, 0.3) is 11.6 Å². The van der Waals surface area contributed by atoms with E-state index in [1.807, 2.05) is 0 Å². The number of anilines is 1. The Morgan fingerprint density at radius 1 is 1.22 bits per heavy atom. The van der Waals surface area contributed by atoms with E-state index in [1.54, 1.807) is 6.07 Å². The number of rotatable bonds is 7. The smallest absolute Gasteiger partial charge is 0.270 e. The standard InChI is InChI=1S/C20H30N4O3/c1-16-7-2-3-11-22(16)14-6-10-21-20(25)18-15-17(24(26)27)8-9-19(18)23-12-4-5-13-23/h8-9,15-16H,2-7,10-14H2,1H3,(H,21,25)/t16-/m1/s1. The van der Waals surface area contributed by atoms with Gasteiger partial charge in [-0.15, -0.1) is 0 Å². The molecule has 2 aliphatic rings. The number of nitrogens with zero attached hydrogens (tertiary/aromatic N) is 3. The van der Waals surface area contributed by atoms with Crippen LogP contribution in [0.15, 0.2) is 18.2 Å². The van der Waals surface area contributed by atoms with E-state index >= 15 is 0 Å². The van der Waals surface area contributed by atoms with Crippen LogP contribution in [-0.2, 0) is 0 Å². The van der Waals surface area contributed by atoms with Gasteiger partial charge >= 0.3 is 0 Å². The van der Waals surface area contributed by atoms with Crippen LogP contribution < -0.4 is 10.2 Å². The van der Waals surface area contributed by atoms with Crippen molar-refractivity contribution in [2.24, 2.45) is 0 Å². The first-order chi connectivity index (χ1) is 13.1. The van der Waals surface area contributed by atoms with E-state index in [4.69, 9.17) is 0 Å². The molecule has 2 heterocycles. The molecule has 2 aliphatic heterocycles. The lowest BCUT2D eigenvalue weighted by Crippen LogP contribution is -2.39. The molecule has 0 unspecified atom stereocenters. The van der Waals surface area contributed by atoms with Crippen molar-refractivity contribution in [2.45, 2.75) is 51.5 Å². The lowest BCUT2D eigenvalue weighted by Gasteiger charge is -2.33. The number of nitro groups is 1. The molecule has 1 aromatic rings. The average molecular weight is 374 g/mol. The van der Waals surface area contributed by atoms with E-state index in [-0.39, 0.29) is 11.6 Å². The fourth-order valence-electron chi connectivity index (χ4n) is 4.12. The summed E-state index contributed by atoms with van der Waals surface area (Å²) in [5.74, 6) is -0.215. The van der Waals surface area contributed by atoms with Gasteiger partial charge in [-0.3, -0.25) is 14.9 Å². The topological polar surface area (TPSA) is 78.7 Å². The highest BCUT2D eigenvalue weighted by molar-refractivity contribution is 6.00. The molecule has 0 radical (unpaired) electrons. The molecule has 1 atom stereocenters. The van der Waals surface area contributed by atoms with Crippen LogP contribution in [-0.4, -0.2) is 54.5 Å². The molecule has 0 aliphatic carbocycles. The van der Waals surface area contributed by atoms with Crippen LogP contribution in [0.3, 0.4) is 0 Å². The third-order valence-corrected chi connectivity index (χ3v) is 5.73. The first-order valence-corrected chi connectivity index (χ1v) is 10.1. The van der Waals surface area contributed by atoms with Crippen LogP contribution in [0.5, 0.6) is 0 Å². The van der Waals surface area contributed by atoms with Gasteiger partial charge in [-0.2, -0.15) is 0 Å². The van der Waals surface area contributed by atoms with Crippen molar-refractivity contribution in [3.05, 3.63) is 33.9 Å². The number of carbonyl (C=O) groups is 1. The Morgan fingerprint density at radius 3 is 2.67 bits per heavy atom. The molecule has 1 amide bonds. The summed E-state index contributed by atoms with van der Waals surface area (Å²) in [5, 5.41) is 14.1. The number of carbonyl (C=O) groups excluding carboxylic acids is 1. The average Bonchev–Trinajstić information content (AvgIpc) is 3.20. The van der Waals surface area contributed by atoms with Gasteiger partial charge in [-0.25, -0.2) is 0 Å². The minimum atomic E-state index is -0.442. The van der Waals surface area contributed by atoms with Gasteiger partial charge < -0.3 is 15.1 Å². The number of hydrogen-bond acceptors (Lipinski definition) is 5. The molecule has 0 saturated carbocycles. The van der Waals surface area contributed by atoms with E-state index in [1.165, 1.54) is 31.4 Å². The predicted octanol–water partition coefficient (Wildman–Crippen LogP) is 3.19. The summed E-state index contributed by atoms with van der Waals surface area (Å²) in [6, 6.07) is 5.24. The highest BCUT2D eigenvalue weighted by Crippen LogP contribution is 2.28. The van der Waals surface area contributed by atoms with Gasteiger partial charge in [0.2, 0.25) is 0 Å². The molecule has 0 spiro atoms. The van der Waals surface area contributed by atoms with E-state index in [2.05, 4.69) is 22.0 Å². The maximum atomic E-state index is 12.7. The molecule has 2 saturated heterocycles. The van der Waals surface area contributed by atoms with Crippen molar-refractivity contribution in [3.63, 3.8) is 0 Å². The molecular formula is C20H30N4O3. The second-order valence-corrected chi connectivity index (χ2v) is 7.64. The van der Waals surface area contributed by atoms with Gasteiger partial charge in [-0.1, -0.05) is 6.42 Å². The summed E-state index contributed by atoms with van der Waals surface area (Å²) in [6.45, 7) is 6.76. The Morgan fingerprint density at radius 2 is 1.96 bits per heavy atom. The van der Waals surface area contributed by atoms with Crippen molar-refractivity contribution in [1.29, 1.82) is 0 Å². The van der Waals surface area contributed by atoms with E-state index in [0.717, 1.165) is 51.1 Å². The lowest BCUT2D eigenvalue weighted by molar-refractivity contribution is -0.384. The third kappa shape index (κ3) is 4.97. The summed E-state index contributed by atoms with van der Waals surface area (Å²) >= 11 is 0. The highest BCUT2D eigenvalue weighted by atomic mass is 16.6. The molecule has 27 heavy (non-hydrogen) atoms. The zero-order valence-corrected chi connectivity index (χ0v) is 16.2. The van der Waals surface area contributed by atoms with Gasteiger partial charge in [-0.05, 0) is 51.6 Å². The Bertz CT molecular complexity index is 673. The van der Waals surface area contributed by atoms with E-state index < -0.39 is 4.92 Å². The zero-order valence-electron chi connectivity index (χ0n) is 16.2. The fraction of sp³-hybridized carbons (Fsp3) is 0.650. The van der Waals surface area contributed by atoms with Crippen molar-refractivity contribution < 1.29 is 9.72 Å². The number of nitrogens with one attached hydrogen (secondary N) is 1. The van der Waals surface area contributed by atoms with Gasteiger partial charge in [0.15, 0.2) is 0 Å². The largest absolute Gasteiger partial charge is 0.371 e. The summed E-state index contributed by atoms with van der Waals surface area (Å²) < 4.78 is 0. The minimum absolute atomic E-state index is 0.0368. The number of non-ortho nitro benzene ring substituents is 1. The highest BCUT2D eigenvalue weighted by Gasteiger charge is 2.22. The Hall–Kier alpha value is -2.15.